The van der Waals surface area contributed by atoms with Crippen LogP contribution in [0, 0.1) is 0 Å². The van der Waals surface area contributed by atoms with Crippen molar-refractivity contribution in [2.24, 2.45) is 0 Å². The SMILES string of the molecule is COCCO[C@@H]1O[C@@H]([C@H](O)CO)[C@H](O)[C@H]1NC(C)=O. The lowest BCUT2D eigenvalue weighted by atomic mass is 10.0. The van der Waals surface area contributed by atoms with Crippen LogP contribution >= 0.6 is 0 Å². The van der Waals surface area contributed by atoms with E-state index in [-0.39, 0.29) is 12.5 Å². The van der Waals surface area contributed by atoms with Gasteiger partial charge in [0.25, 0.3) is 0 Å². The van der Waals surface area contributed by atoms with Gasteiger partial charge in [-0.1, -0.05) is 0 Å². The Labute approximate surface area is 111 Å². The Bertz CT molecular complexity index is 288. The van der Waals surface area contributed by atoms with E-state index in [1.165, 1.54) is 14.0 Å². The topological polar surface area (TPSA) is 117 Å². The fraction of sp³-hybridized carbons (Fsp3) is 0.909. The molecule has 19 heavy (non-hydrogen) atoms. The molecular formula is C11H21NO7. The number of carbonyl (C=O) groups excluding carboxylic acids is 1. The van der Waals surface area contributed by atoms with E-state index in [0.717, 1.165) is 0 Å². The zero-order chi connectivity index (χ0) is 14.4. The molecule has 4 N–H and O–H groups in total. The molecule has 1 amide bonds. The van der Waals surface area contributed by atoms with Crippen LogP contribution in [0.4, 0.5) is 0 Å². The molecular weight excluding hydrogens is 258 g/mol. The number of aliphatic hydroxyl groups is 3. The average molecular weight is 279 g/mol. The van der Waals surface area contributed by atoms with Gasteiger partial charge in [0.1, 0.15) is 24.4 Å². The number of nitrogens with one attached hydrogen (secondary N) is 1. The summed E-state index contributed by atoms with van der Waals surface area (Å²) in [5, 5.41) is 30.9. The van der Waals surface area contributed by atoms with Gasteiger partial charge in [0.05, 0.1) is 19.8 Å². The van der Waals surface area contributed by atoms with E-state index in [1.54, 1.807) is 0 Å². The summed E-state index contributed by atoms with van der Waals surface area (Å²) >= 11 is 0. The Kier molecular flexibility index (Phi) is 6.63. The minimum Gasteiger partial charge on any atom is -0.394 e. The van der Waals surface area contributed by atoms with Gasteiger partial charge in [0.15, 0.2) is 6.29 Å². The number of hydrogen-bond acceptors (Lipinski definition) is 7. The van der Waals surface area contributed by atoms with Crippen LogP contribution < -0.4 is 5.32 Å². The van der Waals surface area contributed by atoms with Crippen LogP contribution in [0.2, 0.25) is 0 Å². The average Bonchev–Trinajstić information content (AvgIpc) is 2.66. The number of amides is 1. The highest BCUT2D eigenvalue weighted by molar-refractivity contribution is 5.73. The molecule has 0 bridgehead atoms. The van der Waals surface area contributed by atoms with Gasteiger partial charge in [-0.2, -0.15) is 0 Å². The molecule has 0 aromatic heterocycles. The molecule has 1 aliphatic heterocycles. The zero-order valence-corrected chi connectivity index (χ0v) is 11.0. The summed E-state index contributed by atoms with van der Waals surface area (Å²) in [5.74, 6) is -0.355. The van der Waals surface area contributed by atoms with Crippen molar-refractivity contribution in [2.75, 3.05) is 26.9 Å². The fourth-order valence-electron chi connectivity index (χ4n) is 1.89. The van der Waals surface area contributed by atoms with Crippen LogP contribution in [-0.4, -0.2) is 78.8 Å². The summed E-state index contributed by atoms with van der Waals surface area (Å²) < 4.78 is 15.5. The Morgan fingerprint density at radius 1 is 1.47 bits per heavy atom. The van der Waals surface area contributed by atoms with Gasteiger partial charge in [-0.3, -0.25) is 4.79 Å². The molecule has 0 saturated carbocycles. The largest absolute Gasteiger partial charge is 0.394 e. The quantitative estimate of drug-likeness (QED) is 0.383. The highest BCUT2D eigenvalue weighted by Gasteiger charge is 2.47. The molecule has 0 aliphatic carbocycles. The summed E-state index contributed by atoms with van der Waals surface area (Å²) in [5.41, 5.74) is 0. The first-order chi connectivity index (χ1) is 9.01. The summed E-state index contributed by atoms with van der Waals surface area (Å²) in [6, 6.07) is -0.805. The van der Waals surface area contributed by atoms with E-state index < -0.39 is 37.3 Å². The molecule has 0 radical (unpaired) electrons. The van der Waals surface area contributed by atoms with Crippen molar-refractivity contribution in [1.29, 1.82) is 0 Å². The van der Waals surface area contributed by atoms with E-state index in [2.05, 4.69) is 5.32 Å². The molecule has 1 rings (SSSR count). The van der Waals surface area contributed by atoms with E-state index in [1.807, 2.05) is 0 Å². The third-order valence-electron chi connectivity index (χ3n) is 2.79. The van der Waals surface area contributed by atoms with Crippen LogP contribution in [0.1, 0.15) is 6.92 Å². The lowest BCUT2D eigenvalue weighted by molar-refractivity contribution is -0.171. The first kappa shape index (κ1) is 16.3. The minimum absolute atomic E-state index is 0.214. The van der Waals surface area contributed by atoms with Gasteiger partial charge in [0.2, 0.25) is 5.91 Å². The third-order valence-corrected chi connectivity index (χ3v) is 2.79. The first-order valence-corrected chi connectivity index (χ1v) is 6.01. The van der Waals surface area contributed by atoms with Gasteiger partial charge < -0.3 is 34.8 Å². The second kappa shape index (κ2) is 7.73. The Hall–Kier alpha value is -0.770. The molecule has 8 nitrogen and oxygen atoms in total. The summed E-state index contributed by atoms with van der Waals surface area (Å²) in [4.78, 5) is 11.1. The van der Waals surface area contributed by atoms with Crippen molar-refractivity contribution in [2.45, 2.75) is 37.6 Å². The van der Waals surface area contributed by atoms with Crippen molar-refractivity contribution in [3.05, 3.63) is 0 Å². The van der Waals surface area contributed by atoms with Crippen molar-refractivity contribution in [3.63, 3.8) is 0 Å². The predicted molar refractivity (Wildman–Crippen MR) is 63.2 cm³/mol. The Balaban J connectivity index is 2.66. The minimum atomic E-state index is -1.25. The number of ether oxygens (including phenoxy) is 3. The summed E-state index contributed by atoms with van der Waals surface area (Å²) in [6.07, 6.45) is -4.34. The molecule has 5 atom stereocenters. The fourth-order valence-corrected chi connectivity index (χ4v) is 1.89. The first-order valence-electron chi connectivity index (χ1n) is 6.01. The van der Waals surface area contributed by atoms with E-state index >= 15 is 0 Å². The lowest BCUT2D eigenvalue weighted by Crippen LogP contribution is -2.49. The number of aliphatic hydroxyl groups excluding tert-OH is 3. The molecule has 1 saturated heterocycles. The van der Waals surface area contributed by atoms with Gasteiger partial charge in [0, 0.05) is 14.0 Å². The van der Waals surface area contributed by atoms with Crippen LogP contribution in [-0.2, 0) is 19.0 Å². The summed E-state index contributed by atoms with van der Waals surface area (Å²) in [7, 11) is 1.51. The maximum Gasteiger partial charge on any atom is 0.217 e. The number of carbonyl (C=O) groups is 1. The van der Waals surface area contributed by atoms with Crippen molar-refractivity contribution >= 4 is 5.91 Å². The van der Waals surface area contributed by atoms with E-state index in [4.69, 9.17) is 19.3 Å². The number of rotatable bonds is 7. The highest BCUT2D eigenvalue weighted by Crippen LogP contribution is 2.24. The van der Waals surface area contributed by atoms with Crippen LogP contribution in [0.25, 0.3) is 0 Å². The molecule has 1 heterocycles. The molecule has 0 spiro atoms. The maximum absolute atomic E-state index is 11.1. The molecule has 8 heteroatoms. The molecule has 112 valence electrons. The predicted octanol–water partition coefficient (Wildman–Crippen LogP) is -2.41. The highest BCUT2D eigenvalue weighted by atomic mass is 16.7. The standard InChI is InChI=1S/C11H21NO7/c1-6(14)12-8-9(16)10(7(15)5-13)19-11(8)18-4-3-17-2/h7-11,13,15-16H,3-5H2,1-2H3,(H,12,14)/t7-,8-,9-,10+,11-/m1/s1. The Morgan fingerprint density at radius 3 is 2.68 bits per heavy atom. The third kappa shape index (κ3) is 4.37. The molecule has 0 aromatic carbocycles. The summed E-state index contributed by atoms with van der Waals surface area (Å²) in [6.45, 7) is 1.29. The molecule has 1 fully saturated rings. The van der Waals surface area contributed by atoms with Crippen LogP contribution in [0.3, 0.4) is 0 Å². The molecule has 0 aromatic rings. The van der Waals surface area contributed by atoms with Gasteiger partial charge in [-0.15, -0.1) is 0 Å². The van der Waals surface area contributed by atoms with Crippen molar-refractivity contribution in [1.82, 2.24) is 5.32 Å². The van der Waals surface area contributed by atoms with Gasteiger partial charge >= 0.3 is 0 Å². The van der Waals surface area contributed by atoms with Gasteiger partial charge in [-0.25, -0.2) is 0 Å². The Morgan fingerprint density at radius 2 is 2.16 bits per heavy atom. The number of hydrogen-bond donors (Lipinski definition) is 4. The van der Waals surface area contributed by atoms with Gasteiger partial charge in [-0.05, 0) is 0 Å². The lowest BCUT2D eigenvalue weighted by Gasteiger charge is -2.21. The normalized spacial score (nSPS) is 32.3. The number of methoxy groups -OCH3 is 1. The van der Waals surface area contributed by atoms with Crippen molar-refractivity contribution < 1.29 is 34.3 Å². The van der Waals surface area contributed by atoms with Crippen LogP contribution in [0.5, 0.6) is 0 Å². The van der Waals surface area contributed by atoms with E-state index in [0.29, 0.717) is 6.61 Å². The second-order valence-corrected chi connectivity index (χ2v) is 4.30. The van der Waals surface area contributed by atoms with E-state index in [9.17, 15) is 15.0 Å². The monoisotopic (exact) mass is 279 g/mol. The maximum atomic E-state index is 11.1. The molecule has 1 aliphatic rings. The van der Waals surface area contributed by atoms with Crippen molar-refractivity contribution in [3.8, 4) is 0 Å². The smallest absolute Gasteiger partial charge is 0.217 e. The second-order valence-electron chi connectivity index (χ2n) is 4.30. The zero-order valence-electron chi connectivity index (χ0n) is 11.0. The molecule has 0 unspecified atom stereocenters. The van der Waals surface area contributed by atoms with Crippen LogP contribution in [0.15, 0.2) is 0 Å².